The molecule has 1 fully saturated rings. The third kappa shape index (κ3) is 3.87. The molecule has 4 aromatic rings. The van der Waals surface area contributed by atoms with E-state index in [1.54, 1.807) is 29.5 Å². The number of halogens is 1. The summed E-state index contributed by atoms with van der Waals surface area (Å²) in [5.41, 5.74) is 9.82. The Morgan fingerprint density at radius 2 is 2.13 bits per heavy atom. The van der Waals surface area contributed by atoms with Crippen molar-refractivity contribution in [3.05, 3.63) is 71.3 Å². The molecule has 0 radical (unpaired) electrons. The molecule has 0 unspecified atom stereocenters. The van der Waals surface area contributed by atoms with Crippen molar-refractivity contribution in [3.63, 3.8) is 0 Å². The molecule has 1 amide bonds. The molecule has 0 aliphatic carbocycles. The van der Waals surface area contributed by atoms with Crippen LogP contribution in [0.15, 0.2) is 55.1 Å². The summed E-state index contributed by atoms with van der Waals surface area (Å²) in [6, 6.07) is 10.1. The third-order valence-electron chi connectivity index (χ3n) is 5.50. The number of aromatic nitrogens is 4. The van der Waals surface area contributed by atoms with Crippen molar-refractivity contribution >= 4 is 39.9 Å². The van der Waals surface area contributed by atoms with E-state index in [2.05, 4.69) is 25.3 Å². The van der Waals surface area contributed by atoms with Crippen LogP contribution in [0.25, 0.3) is 11.0 Å². The highest BCUT2D eigenvalue weighted by Crippen LogP contribution is 2.39. The van der Waals surface area contributed by atoms with Crippen LogP contribution in [0.2, 0.25) is 5.02 Å². The van der Waals surface area contributed by atoms with E-state index in [1.165, 1.54) is 0 Å². The maximum Gasteiger partial charge on any atom is 0.258 e. The SMILES string of the molecule is N[C@@H]1CCN(c2c(Cl)cnc3[nH]cc(NC(=O)c4cnn(Cc5ccccc5)c4)c23)C1. The number of amides is 1. The van der Waals surface area contributed by atoms with Gasteiger partial charge in [0.05, 0.1) is 46.3 Å². The van der Waals surface area contributed by atoms with Gasteiger partial charge in [0, 0.05) is 31.5 Å². The summed E-state index contributed by atoms with van der Waals surface area (Å²) in [6.45, 7) is 2.12. The third-order valence-corrected chi connectivity index (χ3v) is 5.78. The van der Waals surface area contributed by atoms with E-state index in [0.717, 1.165) is 29.6 Å². The number of H-pyrrole nitrogens is 1. The molecule has 1 aliphatic rings. The highest BCUT2D eigenvalue weighted by Gasteiger charge is 2.25. The zero-order chi connectivity index (χ0) is 21.4. The molecule has 31 heavy (non-hydrogen) atoms. The monoisotopic (exact) mass is 435 g/mol. The van der Waals surface area contributed by atoms with Gasteiger partial charge in [-0.15, -0.1) is 0 Å². The summed E-state index contributed by atoms with van der Waals surface area (Å²) in [5.74, 6) is -0.246. The molecule has 5 rings (SSSR count). The predicted octanol–water partition coefficient (Wildman–Crippen LogP) is 3.25. The number of pyridine rings is 1. The quantitative estimate of drug-likeness (QED) is 0.446. The highest BCUT2D eigenvalue weighted by atomic mass is 35.5. The number of nitrogens with zero attached hydrogens (tertiary/aromatic N) is 4. The van der Waals surface area contributed by atoms with Crippen LogP contribution in [-0.2, 0) is 6.54 Å². The number of rotatable bonds is 5. The minimum atomic E-state index is -0.246. The average Bonchev–Trinajstić information content (AvgIpc) is 3.50. The van der Waals surface area contributed by atoms with Gasteiger partial charge in [-0.25, -0.2) is 4.98 Å². The molecule has 4 N–H and O–H groups in total. The number of hydrogen-bond acceptors (Lipinski definition) is 5. The summed E-state index contributed by atoms with van der Waals surface area (Å²) in [7, 11) is 0. The second-order valence-corrected chi connectivity index (χ2v) is 8.15. The Labute approximate surface area is 184 Å². The summed E-state index contributed by atoms with van der Waals surface area (Å²) >= 11 is 6.51. The number of carbonyl (C=O) groups excluding carboxylic acids is 1. The molecule has 9 heteroatoms. The van der Waals surface area contributed by atoms with E-state index in [0.29, 0.717) is 35.0 Å². The van der Waals surface area contributed by atoms with Crippen LogP contribution < -0.4 is 16.0 Å². The van der Waals surface area contributed by atoms with E-state index >= 15 is 0 Å². The van der Waals surface area contributed by atoms with Gasteiger partial charge in [-0.05, 0) is 12.0 Å². The number of carbonyl (C=O) groups is 1. The molecular weight excluding hydrogens is 414 g/mol. The second kappa shape index (κ2) is 8.05. The Hall–Kier alpha value is -3.36. The van der Waals surface area contributed by atoms with Crippen LogP contribution in [0.5, 0.6) is 0 Å². The minimum absolute atomic E-state index is 0.103. The Kier molecular flexibility index (Phi) is 5.09. The van der Waals surface area contributed by atoms with E-state index in [-0.39, 0.29) is 11.9 Å². The van der Waals surface area contributed by atoms with Crippen LogP contribution in [-0.4, -0.2) is 44.8 Å². The highest BCUT2D eigenvalue weighted by molar-refractivity contribution is 6.35. The first-order chi connectivity index (χ1) is 15.1. The van der Waals surface area contributed by atoms with Gasteiger partial charge >= 0.3 is 0 Å². The molecule has 1 aromatic carbocycles. The topological polar surface area (TPSA) is 105 Å². The number of benzene rings is 1. The Morgan fingerprint density at radius 1 is 1.29 bits per heavy atom. The van der Waals surface area contributed by atoms with E-state index in [9.17, 15) is 4.79 Å². The smallest absolute Gasteiger partial charge is 0.258 e. The Morgan fingerprint density at radius 3 is 2.90 bits per heavy atom. The molecular formula is C22H22ClN7O. The number of anilines is 2. The zero-order valence-electron chi connectivity index (χ0n) is 16.8. The van der Waals surface area contributed by atoms with Crippen molar-refractivity contribution in [2.24, 2.45) is 5.73 Å². The fourth-order valence-corrected chi connectivity index (χ4v) is 4.25. The van der Waals surface area contributed by atoms with Gasteiger partial charge < -0.3 is 20.9 Å². The van der Waals surface area contributed by atoms with Gasteiger partial charge in [0.2, 0.25) is 0 Å². The standard InChI is InChI=1S/C22H22ClN7O/c23-17-9-25-21-19(20(17)29-7-6-16(24)13-29)18(10-26-21)28-22(31)15-8-27-30(12-15)11-14-4-2-1-3-5-14/h1-5,8-10,12,16H,6-7,11,13,24H2,(H,25,26)(H,28,31)/t16-/m1/s1. The molecule has 0 saturated carbocycles. The largest absolute Gasteiger partial charge is 0.368 e. The van der Waals surface area contributed by atoms with Crippen molar-refractivity contribution < 1.29 is 4.79 Å². The molecule has 4 heterocycles. The Bertz CT molecular complexity index is 1230. The van der Waals surface area contributed by atoms with E-state index in [4.69, 9.17) is 17.3 Å². The number of aromatic amines is 1. The molecule has 1 saturated heterocycles. The molecule has 8 nitrogen and oxygen atoms in total. The molecule has 0 bridgehead atoms. The maximum atomic E-state index is 12.9. The fraction of sp³-hybridized carbons (Fsp3) is 0.227. The first kappa shape index (κ1) is 19.6. The average molecular weight is 436 g/mol. The second-order valence-electron chi connectivity index (χ2n) is 7.74. The summed E-state index contributed by atoms with van der Waals surface area (Å²) < 4.78 is 1.74. The summed E-state index contributed by atoms with van der Waals surface area (Å²) in [6.07, 6.45) is 7.56. The summed E-state index contributed by atoms with van der Waals surface area (Å²) in [4.78, 5) is 22.6. The summed E-state index contributed by atoms with van der Waals surface area (Å²) in [5, 5.41) is 8.62. The lowest BCUT2D eigenvalue weighted by molar-refractivity contribution is 0.102. The first-order valence-corrected chi connectivity index (χ1v) is 10.5. The number of fused-ring (bicyclic) bond motifs is 1. The minimum Gasteiger partial charge on any atom is -0.368 e. The van der Waals surface area contributed by atoms with Gasteiger partial charge in [-0.2, -0.15) is 5.10 Å². The van der Waals surface area contributed by atoms with Gasteiger partial charge in [0.1, 0.15) is 5.65 Å². The molecule has 0 spiro atoms. The number of nitrogens with one attached hydrogen (secondary N) is 2. The maximum absolute atomic E-state index is 12.9. The van der Waals surface area contributed by atoms with Crippen LogP contribution in [0.4, 0.5) is 11.4 Å². The van der Waals surface area contributed by atoms with Gasteiger partial charge in [-0.1, -0.05) is 41.9 Å². The van der Waals surface area contributed by atoms with Crippen molar-refractivity contribution in [2.45, 2.75) is 19.0 Å². The van der Waals surface area contributed by atoms with Crippen LogP contribution >= 0.6 is 11.6 Å². The van der Waals surface area contributed by atoms with Gasteiger partial charge in [0.15, 0.2) is 0 Å². The lowest BCUT2D eigenvalue weighted by atomic mass is 10.2. The predicted molar refractivity (Wildman–Crippen MR) is 122 cm³/mol. The molecule has 1 aliphatic heterocycles. The lowest BCUT2D eigenvalue weighted by Crippen LogP contribution is -2.26. The van der Waals surface area contributed by atoms with E-state index < -0.39 is 0 Å². The van der Waals surface area contributed by atoms with Gasteiger partial charge in [-0.3, -0.25) is 9.48 Å². The molecule has 3 aromatic heterocycles. The Balaban J connectivity index is 1.41. The molecule has 158 valence electrons. The van der Waals surface area contributed by atoms with Crippen LogP contribution in [0.3, 0.4) is 0 Å². The van der Waals surface area contributed by atoms with Gasteiger partial charge in [0.25, 0.3) is 5.91 Å². The van der Waals surface area contributed by atoms with Crippen molar-refractivity contribution in [3.8, 4) is 0 Å². The van der Waals surface area contributed by atoms with Crippen molar-refractivity contribution in [2.75, 3.05) is 23.3 Å². The lowest BCUT2D eigenvalue weighted by Gasteiger charge is -2.21. The van der Waals surface area contributed by atoms with Crippen LogP contribution in [0, 0.1) is 0 Å². The normalized spacial score (nSPS) is 16.2. The van der Waals surface area contributed by atoms with E-state index in [1.807, 2.05) is 30.3 Å². The zero-order valence-corrected chi connectivity index (χ0v) is 17.5. The first-order valence-electron chi connectivity index (χ1n) is 10.1. The van der Waals surface area contributed by atoms with Crippen molar-refractivity contribution in [1.29, 1.82) is 0 Å². The number of hydrogen-bond donors (Lipinski definition) is 3. The fourth-order valence-electron chi connectivity index (χ4n) is 3.99. The molecule has 1 atom stereocenters. The van der Waals surface area contributed by atoms with Crippen LogP contribution in [0.1, 0.15) is 22.3 Å². The number of nitrogens with two attached hydrogens (primary N) is 1. The van der Waals surface area contributed by atoms with Crippen molar-refractivity contribution in [1.82, 2.24) is 19.7 Å².